The zero-order chi connectivity index (χ0) is 11.4. The molecule has 2 rings (SSSR count). The molecule has 0 aliphatic heterocycles. The number of carbonyl (C=O) groups is 1. The largest absolute Gasteiger partial charge is 0.287 e. The lowest BCUT2D eigenvalue weighted by Crippen LogP contribution is -2.08. The zero-order valence-electron chi connectivity index (χ0n) is 9.08. The predicted octanol–water partition coefficient (Wildman–Crippen LogP) is 3.29. The van der Waals surface area contributed by atoms with Gasteiger partial charge < -0.3 is 0 Å². The summed E-state index contributed by atoms with van der Waals surface area (Å²) in [5.41, 5.74) is 0.672. The van der Waals surface area contributed by atoms with E-state index < -0.39 is 5.82 Å². The molecule has 0 fully saturated rings. The Morgan fingerprint density at radius 2 is 2.19 bits per heavy atom. The van der Waals surface area contributed by atoms with Crippen LogP contribution in [0.2, 0.25) is 0 Å². The number of allylic oxidation sites excluding steroid dienone is 2. The Morgan fingerprint density at radius 3 is 3.00 bits per heavy atom. The number of Topliss-reactive ketones (excluding diaryl/α,β-unsaturated/α-hetero) is 1. The van der Waals surface area contributed by atoms with E-state index in [2.05, 4.69) is 4.98 Å². The Morgan fingerprint density at radius 1 is 1.31 bits per heavy atom. The molecule has 1 aliphatic rings. The van der Waals surface area contributed by atoms with Crippen molar-refractivity contribution < 1.29 is 9.18 Å². The Kier molecular flexibility index (Phi) is 3.44. The van der Waals surface area contributed by atoms with E-state index in [0.717, 1.165) is 37.7 Å². The molecule has 0 unspecified atom stereocenters. The van der Waals surface area contributed by atoms with E-state index in [1.165, 1.54) is 18.3 Å². The van der Waals surface area contributed by atoms with E-state index in [1.807, 2.05) is 6.08 Å². The molecule has 1 aliphatic carbocycles. The summed E-state index contributed by atoms with van der Waals surface area (Å²) in [6.07, 6.45) is 8.30. The number of aromatic nitrogens is 1. The molecule has 16 heavy (non-hydrogen) atoms. The van der Waals surface area contributed by atoms with E-state index in [4.69, 9.17) is 0 Å². The zero-order valence-corrected chi connectivity index (χ0v) is 9.08. The van der Waals surface area contributed by atoms with Crippen LogP contribution in [-0.4, -0.2) is 10.8 Å². The summed E-state index contributed by atoms with van der Waals surface area (Å²) in [5.74, 6) is -0.780. The molecule has 0 saturated carbocycles. The summed E-state index contributed by atoms with van der Waals surface area (Å²) < 4.78 is 13.4. The van der Waals surface area contributed by atoms with Gasteiger partial charge >= 0.3 is 0 Å². The van der Waals surface area contributed by atoms with Crippen molar-refractivity contribution in [3.05, 3.63) is 41.5 Å². The van der Waals surface area contributed by atoms with E-state index in [0.29, 0.717) is 0 Å². The highest BCUT2D eigenvalue weighted by Crippen LogP contribution is 2.20. The predicted molar refractivity (Wildman–Crippen MR) is 59.7 cm³/mol. The third-order valence-electron chi connectivity index (χ3n) is 2.81. The topological polar surface area (TPSA) is 30.0 Å². The third-order valence-corrected chi connectivity index (χ3v) is 2.81. The lowest BCUT2D eigenvalue weighted by molar-refractivity contribution is 0.102. The van der Waals surface area contributed by atoms with Gasteiger partial charge in [-0.05, 0) is 43.4 Å². The molecule has 2 nitrogen and oxygen atoms in total. The normalized spacial score (nSPS) is 16.4. The Bertz CT molecular complexity index is 426. The maximum Gasteiger partial charge on any atom is 0.210 e. The summed E-state index contributed by atoms with van der Waals surface area (Å²) in [7, 11) is 0. The number of hydrogen-bond acceptors (Lipinski definition) is 2. The van der Waals surface area contributed by atoms with Crippen molar-refractivity contribution in [2.24, 2.45) is 0 Å². The van der Waals surface area contributed by atoms with Crippen molar-refractivity contribution in [1.82, 2.24) is 4.98 Å². The molecule has 1 heterocycles. The van der Waals surface area contributed by atoms with Crippen LogP contribution in [0.25, 0.3) is 0 Å². The fraction of sp³-hybridized carbons (Fsp3) is 0.385. The van der Waals surface area contributed by atoms with Gasteiger partial charge in [0.15, 0.2) is 5.82 Å². The number of hydrogen-bond donors (Lipinski definition) is 0. The highest BCUT2D eigenvalue weighted by molar-refractivity contribution is 6.07. The molecule has 1 aromatic heterocycles. The number of pyridine rings is 1. The summed E-state index contributed by atoms with van der Waals surface area (Å²) in [6, 6.07) is 2.77. The van der Waals surface area contributed by atoms with Gasteiger partial charge in [0.1, 0.15) is 5.69 Å². The van der Waals surface area contributed by atoms with Crippen LogP contribution in [0.3, 0.4) is 0 Å². The van der Waals surface area contributed by atoms with E-state index in [-0.39, 0.29) is 11.5 Å². The molecule has 0 bridgehead atoms. The monoisotopic (exact) mass is 219 g/mol. The van der Waals surface area contributed by atoms with Crippen LogP contribution >= 0.6 is 0 Å². The fourth-order valence-electron chi connectivity index (χ4n) is 1.93. The van der Waals surface area contributed by atoms with Gasteiger partial charge in [0.25, 0.3) is 0 Å². The average molecular weight is 219 g/mol. The maximum atomic E-state index is 13.4. The van der Waals surface area contributed by atoms with Crippen molar-refractivity contribution in [3.63, 3.8) is 0 Å². The molecule has 0 radical (unpaired) electrons. The van der Waals surface area contributed by atoms with Crippen LogP contribution in [0.1, 0.15) is 42.6 Å². The van der Waals surface area contributed by atoms with Gasteiger partial charge in [0.2, 0.25) is 5.78 Å². The number of halogens is 1. The van der Waals surface area contributed by atoms with Gasteiger partial charge in [-0.3, -0.25) is 4.79 Å². The number of rotatable bonds is 2. The van der Waals surface area contributed by atoms with Crippen LogP contribution in [0.15, 0.2) is 30.0 Å². The molecule has 3 heteroatoms. The lowest BCUT2D eigenvalue weighted by atomic mass is 10.0. The van der Waals surface area contributed by atoms with Crippen molar-refractivity contribution in [3.8, 4) is 0 Å². The summed E-state index contributed by atoms with van der Waals surface area (Å²) >= 11 is 0. The van der Waals surface area contributed by atoms with E-state index >= 15 is 0 Å². The number of nitrogens with zero attached hydrogens (tertiary/aromatic N) is 1. The second kappa shape index (κ2) is 5.01. The maximum absolute atomic E-state index is 13.4. The van der Waals surface area contributed by atoms with Crippen LogP contribution in [0, 0.1) is 5.82 Å². The molecule has 1 aromatic rings. The van der Waals surface area contributed by atoms with Crippen molar-refractivity contribution in [2.45, 2.75) is 32.1 Å². The first-order chi connectivity index (χ1) is 7.79. The molecule has 84 valence electrons. The Labute approximate surface area is 94.2 Å². The van der Waals surface area contributed by atoms with Gasteiger partial charge in [-0.1, -0.05) is 12.5 Å². The Balaban J connectivity index is 2.24. The standard InChI is InChI=1S/C13H14FNO/c14-11-8-5-9-15-12(11)13(16)10-6-3-1-2-4-7-10/h5-6,8-9H,1-4,7H2. The molecule has 0 aromatic carbocycles. The first-order valence-electron chi connectivity index (χ1n) is 5.63. The van der Waals surface area contributed by atoms with Crippen LogP contribution in [0.5, 0.6) is 0 Å². The second-order valence-electron chi connectivity index (χ2n) is 3.99. The first kappa shape index (κ1) is 11.0. The lowest BCUT2D eigenvalue weighted by Gasteiger charge is -2.04. The van der Waals surface area contributed by atoms with E-state index in [1.54, 1.807) is 0 Å². The van der Waals surface area contributed by atoms with Gasteiger partial charge in [-0.25, -0.2) is 9.37 Å². The van der Waals surface area contributed by atoms with Crippen molar-refractivity contribution in [1.29, 1.82) is 0 Å². The molecular formula is C13H14FNO. The quantitative estimate of drug-likeness (QED) is 0.714. The number of carbonyl (C=O) groups excluding carboxylic acids is 1. The van der Waals surface area contributed by atoms with Gasteiger partial charge in [0.05, 0.1) is 0 Å². The van der Waals surface area contributed by atoms with E-state index in [9.17, 15) is 9.18 Å². The summed E-state index contributed by atoms with van der Waals surface area (Å²) in [4.78, 5) is 15.8. The smallest absolute Gasteiger partial charge is 0.210 e. The molecule has 0 saturated heterocycles. The minimum Gasteiger partial charge on any atom is -0.287 e. The first-order valence-corrected chi connectivity index (χ1v) is 5.63. The van der Waals surface area contributed by atoms with Gasteiger partial charge in [-0.15, -0.1) is 0 Å². The highest BCUT2D eigenvalue weighted by atomic mass is 19.1. The van der Waals surface area contributed by atoms with Crippen molar-refractivity contribution >= 4 is 5.78 Å². The molecule has 0 atom stereocenters. The average Bonchev–Trinajstić information content (AvgIpc) is 2.57. The summed E-state index contributed by atoms with van der Waals surface area (Å²) in [6.45, 7) is 0. The number of ketones is 1. The van der Waals surface area contributed by atoms with Crippen LogP contribution < -0.4 is 0 Å². The third kappa shape index (κ3) is 2.35. The molecule has 0 N–H and O–H groups in total. The van der Waals surface area contributed by atoms with Crippen LogP contribution in [-0.2, 0) is 0 Å². The van der Waals surface area contributed by atoms with Crippen molar-refractivity contribution in [2.75, 3.05) is 0 Å². The molecular weight excluding hydrogens is 205 g/mol. The second-order valence-corrected chi connectivity index (χ2v) is 3.99. The highest BCUT2D eigenvalue weighted by Gasteiger charge is 2.18. The van der Waals surface area contributed by atoms with Crippen LogP contribution in [0.4, 0.5) is 4.39 Å². The van der Waals surface area contributed by atoms with Gasteiger partial charge in [-0.2, -0.15) is 0 Å². The fourth-order valence-corrected chi connectivity index (χ4v) is 1.93. The summed E-state index contributed by atoms with van der Waals surface area (Å²) in [5, 5.41) is 0. The molecule has 0 spiro atoms. The minimum atomic E-state index is -0.530. The molecule has 0 amide bonds. The Hall–Kier alpha value is -1.51. The van der Waals surface area contributed by atoms with Gasteiger partial charge in [0, 0.05) is 6.20 Å². The minimum absolute atomic E-state index is 0.0457. The SMILES string of the molecule is O=C(C1=CCCCCC1)c1ncccc1F.